The van der Waals surface area contributed by atoms with Crippen LogP contribution in [0.15, 0.2) is 59.6 Å². The minimum Gasteiger partial charge on any atom is -0.510 e. The Morgan fingerprint density at radius 1 is 1.31 bits per heavy atom. The number of rotatable bonds is 6. The van der Waals surface area contributed by atoms with Gasteiger partial charge in [-0.1, -0.05) is 18.2 Å². The molecule has 1 aromatic carbocycles. The van der Waals surface area contributed by atoms with E-state index in [1.165, 1.54) is 10.4 Å². The molecule has 166 valence electrons. The molecular weight excluding hydrogens is 578 g/mol. The SMILES string of the molecule is C=C(C)C(=O)OCCOC1=CC(n2nc3c[c-]ccc3n2)=C(O)C2C3CC(C=C3C)C12.[W]. The van der Waals surface area contributed by atoms with Crippen LogP contribution in [-0.4, -0.2) is 39.3 Å². The monoisotopic (exact) mass is 602 g/mol. The molecule has 1 N–H and O–H groups in total. The summed E-state index contributed by atoms with van der Waals surface area (Å²) < 4.78 is 11.3. The summed E-state index contributed by atoms with van der Waals surface area (Å²) in [6.45, 7) is 7.68. The Morgan fingerprint density at radius 3 is 2.84 bits per heavy atom. The Bertz CT molecular complexity index is 1150. The Kier molecular flexibility index (Phi) is 6.13. The maximum Gasteiger partial charge on any atom is 0.333 e. The molecule has 0 amide bonds. The standard InChI is InChI=1S/C24H24N3O4.W/c1-13(2)24(29)31-9-8-30-20-12-19(27-25-17-6-4-5-7-18(17)26-27)23(28)22-16-11-15(21(20)22)10-14(16)3;/h4,6-7,10,12,15-16,21-22,28H,1,8-9,11H2,2-3H3;/q-1;. The Hall–Kier alpha value is -2.66. The molecule has 32 heavy (non-hydrogen) atoms. The second-order valence-electron chi connectivity index (χ2n) is 8.45. The van der Waals surface area contributed by atoms with Gasteiger partial charge in [-0.2, -0.15) is 22.0 Å². The minimum absolute atomic E-state index is 0. The molecule has 5 rings (SSSR count). The number of carbonyl (C=O) groups is 1. The van der Waals surface area contributed by atoms with Crippen molar-refractivity contribution < 1.29 is 40.4 Å². The van der Waals surface area contributed by atoms with Crippen molar-refractivity contribution in [3.8, 4) is 0 Å². The third-order valence-corrected chi connectivity index (χ3v) is 6.43. The number of benzene rings is 1. The van der Waals surface area contributed by atoms with Gasteiger partial charge in [0.05, 0.1) is 0 Å². The van der Waals surface area contributed by atoms with Gasteiger partial charge in [-0.15, -0.1) is 12.1 Å². The molecule has 1 fully saturated rings. The number of nitrogens with zero attached hydrogens (tertiary/aromatic N) is 3. The summed E-state index contributed by atoms with van der Waals surface area (Å²) in [5.74, 6) is 1.24. The summed E-state index contributed by atoms with van der Waals surface area (Å²) in [5.41, 5.74) is 3.62. The molecule has 0 saturated heterocycles. The van der Waals surface area contributed by atoms with E-state index in [1.54, 1.807) is 19.1 Å². The predicted octanol–water partition coefficient (Wildman–Crippen LogP) is 3.82. The van der Waals surface area contributed by atoms with Crippen LogP contribution in [0.2, 0.25) is 0 Å². The smallest absolute Gasteiger partial charge is 0.333 e. The zero-order chi connectivity index (χ0) is 21.7. The van der Waals surface area contributed by atoms with Crippen LogP contribution in [-0.2, 0) is 35.3 Å². The molecule has 8 heteroatoms. The normalized spacial score (nSPS) is 25.7. The van der Waals surface area contributed by atoms with Crippen molar-refractivity contribution in [1.29, 1.82) is 0 Å². The molecule has 0 radical (unpaired) electrons. The summed E-state index contributed by atoms with van der Waals surface area (Å²) in [5, 5.41) is 20.3. The number of esters is 1. The molecule has 2 aromatic rings. The summed E-state index contributed by atoms with van der Waals surface area (Å²) in [7, 11) is 0. The van der Waals surface area contributed by atoms with Crippen molar-refractivity contribution in [2.45, 2.75) is 20.3 Å². The zero-order valence-corrected chi connectivity index (χ0v) is 20.9. The molecule has 4 atom stereocenters. The van der Waals surface area contributed by atoms with E-state index >= 15 is 0 Å². The zero-order valence-electron chi connectivity index (χ0n) is 17.9. The fourth-order valence-corrected chi connectivity index (χ4v) is 5.06. The van der Waals surface area contributed by atoms with Crippen molar-refractivity contribution in [3.63, 3.8) is 0 Å². The van der Waals surface area contributed by atoms with E-state index in [-0.39, 0.29) is 52.0 Å². The van der Waals surface area contributed by atoms with Gasteiger partial charge >= 0.3 is 5.97 Å². The Morgan fingerprint density at radius 2 is 2.09 bits per heavy atom. The number of hydrogen-bond acceptors (Lipinski definition) is 6. The molecule has 2 bridgehead atoms. The van der Waals surface area contributed by atoms with Crippen LogP contribution < -0.4 is 0 Å². The van der Waals surface area contributed by atoms with Gasteiger partial charge in [-0.05, 0) is 32.1 Å². The maximum atomic E-state index is 11.6. The van der Waals surface area contributed by atoms with E-state index in [0.29, 0.717) is 28.5 Å². The first-order valence-corrected chi connectivity index (χ1v) is 10.5. The second kappa shape index (κ2) is 8.70. The number of hydrogen-bond donors (Lipinski definition) is 1. The van der Waals surface area contributed by atoms with Crippen LogP contribution in [0.4, 0.5) is 0 Å². The fourth-order valence-electron chi connectivity index (χ4n) is 5.06. The fraction of sp³-hybridized carbons (Fsp3) is 0.375. The topological polar surface area (TPSA) is 86.5 Å². The molecular formula is C24H24N3O4W-. The quantitative estimate of drug-likeness (QED) is 0.178. The number of aliphatic hydroxyl groups is 1. The molecule has 0 spiro atoms. The number of aromatic nitrogens is 3. The van der Waals surface area contributed by atoms with E-state index < -0.39 is 5.97 Å². The molecule has 1 saturated carbocycles. The van der Waals surface area contributed by atoms with E-state index in [1.807, 2.05) is 12.1 Å². The third-order valence-electron chi connectivity index (χ3n) is 6.43. The molecule has 1 heterocycles. The van der Waals surface area contributed by atoms with E-state index in [4.69, 9.17) is 9.47 Å². The average Bonchev–Trinajstić information content (AvgIpc) is 3.44. The molecule has 0 aliphatic heterocycles. The maximum absolute atomic E-state index is 11.6. The number of fused-ring (bicyclic) bond motifs is 6. The van der Waals surface area contributed by atoms with Crippen molar-refractivity contribution in [2.24, 2.45) is 23.7 Å². The number of ether oxygens (including phenoxy) is 2. The van der Waals surface area contributed by atoms with Gasteiger partial charge in [0.15, 0.2) is 0 Å². The number of aliphatic hydroxyl groups excluding tert-OH is 1. The van der Waals surface area contributed by atoms with Gasteiger partial charge in [0.1, 0.15) is 30.4 Å². The predicted molar refractivity (Wildman–Crippen MR) is 114 cm³/mol. The van der Waals surface area contributed by atoms with Crippen molar-refractivity contribution in [1.82, 2.24) is 15.0 Å². The van der Waals surface area contributed by atoms with E-state index in [0.717, 1.165) is 17.7 Å². The molecule has 3 aliphatic carbocycles. The molecule has 1 aromatic heterocycles. The van der Waals surface area contributed by atoms with Crippen LogP contribution in [0.1, 0.15) is 20.3 Å². The van der Waals surface area contributed by atoms with E-state index in [9.17, 15) is 9.90 Å². The van der Waals surface area contributed by atoms with Crippen LogP contribution in [0.25, 0.3) is 16.7 Å². The van der Waals surface area contributed by atoms with Crippen LogP contribution in [0.5, 0.6) is 0 Å². The van der Waals surface area contributed by atoms with Crippen molar-refractivity contribution in [2.75, 3.05) is 13.2 Å². The van der Waals surface area contributed by atoms with Crippen molar-refractivity contribution in [3.05, 3.63) is 65.7 Å². The first kappa shape index (κ1) is 22.5. The molecule has 4 unspecified atom stereocenters. The third kappa shape index (κ3) is 3.73. The number of allylic oxidation sites excluding steroid dienone is 6. The van der Waals surface area contributed by atoms with Gasteiger partial charge in [0.25, 0.3) is 0 Å². The second-order valence-corrected chi connectivity index (χ2v) is 8.45. The largest absolute Gasteiger partial charge is 0.510 e. The average molecular weight is 602 g/mol. The summed E-state index contributed by atoms with van der Waals surface area (Å²) in [4.78, 5) is 13.1. The first-order chi connectivity index (χ1) is 14.9. The molecule has 3 aliphatic rings. The van der Waals surface area contributed by atoms with Crippen LogP contribution >= 0.6 is 0 Å². The Labute approximate surface area is 200 Å². The van der Waals surface area contributed by atoms with Gasteiger partial charge < -0.3 is 14.6 Å². The van der Waals surface area contributed by atoms with Gasteiger partial charge in [-0.25, -0.2) is 9.89 Å². The summed E-state index contributed by atoms with van der Waals surface area (Å²) >= 11 is 0. The van der Waals surface area contributed by atoms with Gasteiger partial charge in [0, 0.05) is 55.6 Å². The minimum atomic E-state index is -0.431. The van der Waals surface area contributed by atoms with E-state index in [2.05, 4.69) is 35.8 Å². The summed E-state index contributed by atoms with van der Waals surface area (Å²) in [6.07, 6.45) is 5.11. The first-order valence-electron chi connectivity index (χ1n) is 10.5. The van der Waals surface area contributed by atoms with Crippen LogP contribution in [0, 0.1) is 29.7 Å². The van der Waals surface area contributed by atoms with Crippen molar-refractivity contribution >= 4 is 22.7 Å². The van der Waals surface area contributed by atoms with Gasteiger partial charge in [-0.3, -0.25) is 0 Å². The summed E-state index contributed by atoms with van der Waals surface area (Å²) in [6, 6.07) is 8.39. The number of carbonyl (C=O) groups excluding carboxylic acids is 1. The van der Waals surface area contributed by atoms with Crippen LogP contribution in [0.3, 0.4) is 0 Å². The Balaban J connectivity index is 0.00000245. The van der Waals surface area contributed by atoms with Gasteiger partial charge in [0.2, 0.25) is 0 Å². The molecule has 7 nitrogen and oxygen atoms in total.